The van der Waals surface area contributed by atoms with Gasteiger partial charge in [0.15, 0.2) is 0 Å². The lowest BCUT2D eigenvalue weighted by Gasteiger charge is -2.36. The van der Waals surface area contributed by atoms with E-state index in [4.69, 9.17) is 0 Å². The molecule has 3 aromatic rings. The minimum absolute atomic E-state index is 0.162. The zero-order valence-electron chi connectivity index (χ0n) is 18.4. The molecule has 1 aliphatic rings. The quantitative estimate of drug-likeness (QED) is 0.443. The first-order valence-corrected chi connectivity index (χ1v) is 11.0. The van der Waals surface area contributed by atoms with Gasteiger partial charge in [0, 0.05) is 45.5 Å². The second kappa shape index (κ2) is 9.82. The van der Waals surface area contributed by atoms with Crippen LogP contribution in [-0.4, -0.2) is 59.2 Å². The number of benzene rings is 2. The van der Waals surface area contributed by atoms with Crippen LogP contribution in [0.3, 0.4) is 0 Å². The molecule has 168 valence electrons. The maximum absolute atomic E-state index is 12.5. The largest absolute Gasteiger partial charge is 0.369 e. The first-order valence-electron chi connectivity index (χ1n) is 11.0. The van der Waals surface area contributed by atoms with Crippen LogP contribution in [-0.2, 0) is 18.4 Å². The second-order valence-electron chi connectivity index (χ2n) is 8.11. The molecule has 1 aromatic heterocycles. The van der Waals surface area contributed by atoms with Crippen molar-refractivity contribution >= 4 is 22.6 Å². The van der Waals surface area contributed by atoms with E-state index in [1.165, 1.54) is 14.8 Å². The van der Waals surface area contributed by atoms with Crippen molar-refractivity contribution in [2.45, 2.75) is 13.0 Å². The molecule has 2 aromatic carbocycles. The van der Waals surface area contributed by atoms with Crippen LogP contribution in [0, 0.1) is 0 Å². The second-order valence-corrected chi connectivity index (χ2v) is 8.11. The van der Waals surface area contributed by atoms with Gasteiger partial charge in [-0.25, -0.2) is 0 Å². The average molecular weight is 436 g/mol. The van der Waals surface area contributed by atoms with E-state index in [9.17, 15) is 14.4 Å². The van der Waals surface area contributed by atoms with E-state index in [1.54, 1.807) is 31.3 Å². The molecule has 1 fully saturated rings. The van der Waals surface area contributed by atoms with Crippen LogP contribution in [0.5, 0.6) is 0 Å². The molecule has 32 heavy (non-hydrogen) atoms. The van der Waals surface area contributed by atoms with Gasteiger partial charge < -0.3 is 14.8 Å². The summed E-state index contributed by atoms with van der Waals surface area (Å²) in [5, 5.41) is 2.89. The fourth-order valence-corrected chi connectivity index (χ4v) is 4.21. The molecular weight excluding hydrogens is 406 g/mol. The van der Waals surface area contributed by atoms with Crippen molar-refractivity contribution in [2.24, 2.45) is 7.05 Å². The van der Waals surface area contributed by atoms with Crippen LogP contribution in [0.1, 0.15) is 6.42 Å². The van der Waals surface area contributed by atoms with Crippen LogP contribution in [0.15, 0.2) is 64.2 Å². The molecule has 0 spiro atoms. The van der Waals surface area contributed by atoms with Crippen molar-refractivity contribution < 1.29 is 4.79 Å². The minimum Gasteiger partial charge on any atom is -0.369 e. The Balaban J connectivity index is 1.25. The standard InChI is InChI=1S/C24H29N5O3/c1-26-20-10-5-6-11-21(20)29(24(32)23(26)31)18-22(30)25-12-7-13-27-14-16-28(17-15-27)19-8-3-2-4-9-19/h2-6,8-11H,7,12-18H2,1H3,(H,25,30). The number of anilines is 1. The van der Waals surface area contributed by atoms with Gasteiger partial charge in [0.2, 0.25) is 5.91 Å². The smallest absolute Gasteiger partial charge is 0.317 e. The molecule has 1 N–H and O–H groups in total. The topological polar surface area (TPSA) is 79.6 Å². The van der Waals surface area contributed by atoms with Gasteiger partial charge >= 0.3 is 11.1 Å². The zero-order valence-corrected chi connectivity index (χ0v) is 18.4. The number of nitrogens with one attached hydrogen (secondary N) is 1. The van der Waals surface area contributed by atoms with Crippen molar-refractivity contribution in [1.29, 1.82) is 0 Å². The number of aryl methyl sites for hydroxylation is 1. The van der Waals surface area contributed by atoms with Crippen molar-refractivity contribution in [3.63, 3.8) is 0 Å². The first kappa shape index (κ1) is 21.8. The molecule has 0 bridgehead atoms. The molecule has 0 unspecified atom stereocenters. The van der Waals surface area contributed by atoms with Gasteiger partial charge in [0.25, 0.3) is 0 Å². The summed E-state index contributed by atoms with van der Waals surface area (Å²) in [5.41, 5.74) is 1.15. The number of nitrogens with zero attached hydrogens (tertiary/aromatic N) is 4. The van der Waals surface area contributed by atoms with Crippen LogP contribution in [0.25, 0.3) is 11.0 Å². The Morgan fingerprint density at radius 1 is 0.875 bits per heavy atom. The summed E-state index contributed by atoms with van der Waals surface area (Å²) in [6, 6.07) is 17.5. The number of carbonyl (C=O) groups is 1. The first-order chi connectivity index (χ1) is 15.5. The molecule has 8 heteroatoms. The van der Waals surface area contributed by atoms with Gasteiger partial charge in [-0.1, -0.05) is 30.3 Å². The van der Waals surface area contributed by atoms with E-state index in [1.807, 2.05) is 6.07 Å². The van der Waals surface area contributed by atoms with E-state index >= 15 is 0 Å². The number of fused-ring (bicyclic) bond motifs is 1. The third kappa shape index (κ3) is 4.75. The van der Waals surface area contributed by atoms with Gasteiger partial charge in [-0.15, -0.1) is 0 Å². The molecule has 0 saturated carbocycles. The monoisotopic (exact) mass is 435 g/mol. The number of rotatable bonds is 7. The summed E-state index contributed by atoms with van der Waals surface area (Å²) >= 11 is 0. The van der Waals surface area contributed by atoms with E-state index < -0.39 is 11.1 Å². The third-order valence-electron chi connectivity index (χ3n) is 6.04. The van der Waals surface area contributed by atoms with Crippen molar-refractivity contribution in [2.75, 3.05) is 44.2 Å². The number of amides is 1. The van der Waals surface area contributed by atoms with Crippen LogP contribution >= 0.6 is 0 Å². The van der Waals surface area contributed by atoms with Crippen LogP contribution in [0.2, 0.25) is 0 Å². The Morgan fingerprint density at radius 2 is 1.53 bits per heavy atom. The Kier molecular flexibility index (Phi) is 6.70. The highest BCUT2D eigenvalue weighted by Gasteiger charge is 2.17. The summed E-state index contributed by atoms with van der Waals surface area (Å²) in [4.78, 5) is 41.9. The molecule has 0 radical (unpaired) electrons. The Hall–Kier alpha value is -3.39. The summed E-state index contributed by atoms with van der Waals surface area (Å²) in [6.45, 7) is 5.28. The normalized spacial score (nSPS) is 14.6. The highest BCUT2D eigenvalue weighted by atomic mass is 16.2. The molecule has 4 rings (SSSR count). The van der Waals surface area contributed by atoms with Gasteiger partial charge in [-0.2, -0.15) is 0 Å². The molecular formula is C24H29N5O3. The molecule has 1 saturated heterocycles. The predicted octanol–water partition coefficient (Wildman–Crippen LogP) is 1.03. The van der Waals surface area contributed by atoms with E-state index in [2.05, 4.69) is 39.4 Å². The number of carbonyl (C=O) groups excluding carboxylic acids is 1. The van der Waals surface area contributed by atoms with Crippen LogP contribution < -0.4 is 21.3 Å². The fourth-order valence-electron chi connectivity index (χ4n) is 4.21. The summed E-state index contributed by atoms with van der Waals surface area (Å²) in [6.07, 6.45) is 0.837. The molecule has 8 nitrogen and oxygen atoms in total. The number of piperazine rings is 1. The Morgan fingerprint density at radius 3 is 2.25 bits per heavy atom. The van der Waals surface area contributed by atoms with Crippen molar-refractivity contribution in [3.05, 3.63) is 75.3 Å². The molecule has 1 amide bonds. The van der Waals surface area contributed by atoms with Gasteiger partial charge in [0.05, 0.1) is 11.0 Å². The van der Waals surface area contributed by atoms with Crippen molar-refractivity contribution in [1.82, 2.24) is 19.4 Å². The maximum Gasteiger partial charge on any atom is 0.317 e. The van der Waals surface area contributed by atoms with E-state index in [0.717, 1.165) is 39.1 Å². The SMILES string of the molecule is Cn1c(=O)c(=O)n(CC(=O)NCCCN2CCN(c3ccccc3)CC2)c2ccccc21. The molecule has 2 heterocycles. The van der Waals surface area contributed by atoms with Crippen molar-refractivity contribution in [3.8, 4) is 0 Å². The Labute approximate surface area is 186 Å². The average Bonchev–Trinajstić information content (AvgIpc) is 2.84. The van der Waals surface area contributed by atoms with E-state index in [0.29, 0.717) is 17.6 Å². The lowest BCUT2D eigenvalue weighted by molar-refractivity contribution is -0.121. The number of hydrogen-bond acceptors (Lipinski definition) is 5. The summed E-state index contributed by atoms with van der Waals surface area (Å²) in [7, 11) is 1.57. The summed E-state index contributed by atoms with van der Waals surface area (Å²) in [5.74, 6) is -0.264. The highest BCUT2D eigenvalue weighted by molar-refractivity contribution is 5.80. The third-order valence-corrected chi connectivity index (χ3v) is 6.04. The molecule has 0 atom stereocenters. The van der Waals surface area contributed by atoms with Gasteiger partial charge in [-0.3, -0.25) is 23.9 Å². The zero-order chi connectivity index (χ0) is 22.5. The number of aromatic nitrogens is 2. The minimum atomic E-state index is -0.683. The lowest BCUT2D eigenvalue weighted by Crippen LogP contribution is -2.47. The molecule has 0 aliphatic carbocycles. The van der Waals surface area contributed by atoms with Gasteiger partial charge in [0.1, 0.15) is 6.54 Å². The lowest BCUT2D eigenvalue weighted by atomic mass is 10.2. The van der Waals surface area contributed by atoms with Crippen LogP contribution in [0.4, 0.5) is 5.69 Å². The highest BCUT2D eigenvalue weighted by Crippen LogP contribution is 2.15. The number of hydrogen-bond donors (Lipinski definition) is 1. The number of para-hydroxylation sites is 3. The summed E-state index contributed by atoms with van der Waals surface area (Å²) < 4.78 is 2.58. The molecule has 1 aliphatic heterocycles. The van der Waals surface area contributed by atoms with E-state index in [-0.39, 0.29) is 12.5 Å². The Bertz CT molecular complexity index is 1190. The predicted molar refractivity (Wildman–Crippen MR) is 126 cm³/mol. The van der Waals surface area contributed by atoms with Gasteiger partial charge in [-0.05, 0) is 37.2 Å². The fraction of sp³-hybridized carbons (Fsp3) is 0.375. The maximum atomic E-state index is 12.5.